The van der Waals surface area contributed by atoms with E-state index in [1.807, 2.05) is 12.1 Å². The Hall–Kier alpha value is -1.29. The Bertz CT molecular complexity index is 593. The average molecular weight is 350 g/mol. The normalized spacial score (nSPS) is 12.5. The molecule has 4 heteroatoms. The summed E-state index contributed by atoms with van der Waals surface area (Å²) in [7, 11) is 0. The third kappa shape index (κ3) is 4.34. The number of aromatic nitrogens is 1. The molecule has 0 amide bonds. The molecule has 1 heterocycles. The fourth-order valence-corrected chi connectivity index (χ4v) is 2.90. The van der Waals surface area contributed by atoms with Crippen LogP contribution in [0.3, 0.4) is 0 Å². The molecule has 1 unspecified atom stereocenters. The van der Waals surface area contributed by atoms with Crippen LogP contribution in [0.15, 0.2) is 28.9 Å². The van der Waals surface area contributed by atoms with Crippen LogP contribution >= 0.6 is 15.9 Å². The summed E-state index contributed by atoms with van der Waals surface area (Å²) in [6, 6.07) is 6.50. The molecule has 0 aliphatic carbocycles. The molecular weight excluding hydrogens is 326 g/mol. The van der Waals surface area contributed by atoms with E-state index in [0.717, 1.165) is 27.5 Å². The number of anilines is 2. The molecule has 3 nitrogen and oxygen atoms in total. The van der Waals surface area contributed by atoms with E-state index in [-0.39, 0.29) is 0 Å². The molecule has 0 aliphatic heterocycles. The minimum absolute atomic E-state index is 0.411. The van der Waals surface area contributed by atoms with Gasteiger partial charge in [0.05, 0.1) is 23.1 Å². The van der Waals surface area contributed by atoms with E-state index in [2.05, 4.69) is 46.1 Å². The zero-order valence-electron chi connectivity index (χ0n) is 12.8. The van der Waals surface area contributed by atoms with Crippen LogP contribution in [0, 0.1) is 0 Å². The summed E-state index contributed by atoms with van der Waals surface area (Å²) in [4.78, 5) is 4.39. The number of rotatable bonds is 7. The number of hydrogen-bond donors (Lipinski definition) is 2. The summed E-state index contributed by atoms with van der Waals surface area (Å²) in [5.41, 5.74) is 8.80. The van der Waals surface area contributed by atoms with Gasteiger partial charge in [-0.15, -0.1) is 0 Å². The second kappa shape index (κ2) is 7.64. The Labute approximate surface area is 135 Å². The molecular formula is C17H24BrN3. The molecule has 0 fully saturated rings. The third-order valence-electron chi connectivity index (χ3n) is 3.74. The maximum atomic E-state index is 6.12. The zero-order valence-corrected chi connectivity index (χ0v) is 14.4. The highest BCUT2D eigenvalue weighted by Gasteiger charge is 2.10. The van der Waals surface area contributed by atoms with E-state index in [1.165, 1.54) is 25.7 Å². The lowest BCUT2D eigenvalue weighted by atomic mass is 10.1. The van der Waals surface area contributed by atoms with Gasteiger partial charge in [0, 0.05) is 15.9 Å². The van der Waals surface area contributed by atoms with Crippen LogP contribution in [-0.2, 0) is 0 Å². The van der Waals surface area contributed by atoms with Gasteiger partial charge in [-0.2, -0.15) is 0 Å². The number of unbranched alkanes of at least 4 members (excludes halogenated alkanes) is 3. The van der Waals surface area contributed by atoms with Crippen molar-refractivity contribution in [2.24, 2.45) is 0 Å². The van der Waals surface area contributed by atoms with Crippen LogP contribution in [0.1, 0.15) is 46.0 Å². The largest absolute Gasteiger partial charge is 0.396 e. The highest BCUT2D eigenvalue weighted by Crippen LogP contribution is 2.31. The summed E-state index contributed by atoms with van der Waals surface area (Å²) in [6.07, 6.45) is 8.06. The minimum atomic E-state index is 0.411. The van der Waals surface area contributed by atoms with E-state index in [1.54, 1.807) is 6.20 Å². The summed E-state index contributed by atoms with van der Waals surface area (Å²) in [5, 5.41) is 4.65. The van der Waals surface area contributed by atoms with Crippen LogP contribution in [0.2, 0.25) is 0 Å². The van der Waals surface area contributed by atoms with Crippen molar-refractivity contribution < 1.29 is 0 Å². The lowest BCUT2D eigenvalue weighted by Crippen LogP contribution is -2.16. The van der Waals surface area contributed by atoms with E-state index >= 15 is 0 Å². The average Bonchev–Trinajstić information content (AvgIpc) is 2.47. The molecule has 2 rings (SSSR count). The second-order valence-corrected chi connectivity index (χ2v) is 6.56. The molecule has 1 atom stereocenters. The van der Waals surface area contributed by atoms with E-state index < -0.39 is 0 Å². The van der Waals surface area contributed by atoms with E-state index in [9.17, 15) is 0 Å². The standard InChI is InChI=1S/C17H24BrN3/c1-3-4-5-6-7-12(2)21-17-14-10-13(18)8-9-16(14)20-11-15(17)19/h8-12H,3-7,19H2,1-2H3,(H,20,21). The Balaban J connectivity index is 2.13. The first-order valence-electron chi connectivity index (χ1n) is 7.72. The number of nitrogens with zero attached hydrogens (tertiary/aromatic N) is 1. The van der Waals surface area contributed by atoms with Crippen molar-refractivity contribution >= 4 is 38.2 Å². The number of pyridine rings is 1. The molecule has 21 heavy (non-hydrogen) atoms. The van der Waals surface area contributed by atoms with Crippen molar-refractivity contribution in [3.8, 4) is 0 Å². The van der Waals surface area contributed by atoms with Gasteiger partial charge in [0.2, 0.25) is 0 Å². The van der Waals surface area contributed by atoms with Crippen molar-refractivity contribution in [2.45, 2.75) is 52.0 Å². The van der Waals surface area contributed by atoms with Gasteiger partial charge in [-0.3, -0.25) is 4.98 Å². The topological polar surface area (TPSA) is 50.9 Å². The van der Waals surface area contributed by atoms with Crippen molar-refractivity contribution in [1.82, 2.24) is 4.98 Å². The molecule has 3 N–H and O–H groups in total. The van der Waals surface area contributed by atoms with Gasteiger partial charge < -0.3 is 11.1 Å². The van der Waals surface area contributed by atoms with Crippen LogP contribution in [0.5, 0.6) is 0 Å². The van der Waals surface area contributed by atoms with Crippen molar-refractivity contribution in [3.05, 3.63) is 28.9 Å². The third-order valence-corrected chi connectivity index (χ3v) is 4.23. The smallest absolute Gasteiger partial charge is 0.0743 e. The summed E-state index contributed by atoms with van der Waals surface area (Å²) in [5.74, 6) is 0. The predicted octanol–water partition coefficient (Wildman–Crippen LogP) is 5.35. The lowest BCUT2D eigenvalue weighted by molar-refractivity contribution is 0.594. The molecule has 0 radical (unpaired) electrons. The van der Waals surface area contributed by atoms with Gasteiger partial charge in [-0.25, -0.2) is 0 Å². The summed E-state index contributed by atoms with van der Waals surface area (Å²) < 4.78 is 1.04. The first kappa shape index (κ1) is 16.1. The Morgan fingerprint density at radius 2 is 2.10 bits per heavy atom. The molecule has 2 aromatic rings. The molecule has 0 saturated heterocycles. The van der Waals surface area contributed by atoms with Crippen LogP contribution in [0.25, 0.3) is 10.9 Å². The number of fused-ring (bicyclic) bond motifs is 1. The lowest BCUT2D eigenvalue weighted by Gasteiger charge is -2.18. The van der Waals surface area contributed by atoms with Gasteiger partial charge in [-0.05, 0) is 31.5 Å². The molecule has 1 aromatic heterocycles. The second-order valence-electron chi connectivity index (χ2n) is 5.64. The summed E-state index contributed by atoms with van der Waals surface area (Å²) in [6.45, 7) is 4.46. The van der Waals surface area contributed by atoms with Crippen LogP contribution < -0.4 is 11.1 Å². The molecule has 114 valence electrons. The number of benzene rings is 1. The highest BCUT2D eigenvalue weighted by molar-refractivity contribution is 9.10. The fourth-order valence-electron chi connectivity index (χ4n) is 2.54. The van der Waals surface area contributed by atoms with Gasteiger partial charge in [0.25, 0.3) is 0 Å². The van der Waals surface area contributed by atoms with Crippen molar-refractivity contribution in [1.29, 1.82) is 0 Å². The number of nitrogen functional groups attached to an aromatic ring is 1. The Morgan fingerprint density at radius 1 is 1.29 bits per heavy atom. The Kier molecular flexibility index (Phi) is 5.85. The monoisotopic (exact) mass is 349 g/mol. The molecule has 0 aliphatic rings. The Morgan fingerprint density at radius 3 is 2.86 bits per heavy atom. The first-order valence-corrected chi connectivity index (χ1v) is 8.51. The number of hydrogen-bond acceptors (Lipinski definition) is 3. The summed E-state index contributed by atoms with van der Waals surface area (Å²) >= 11 is 3.52. The predicted molar refractivity (Wildman–Crippen MR) is 95.7 cm³/mol. The molecule has 0 saturated carbocycles. The minimum Gasteiger partial charge on any atom is -0.396 e. The number of nitrogens with two attached hydrogens (primary N) is 1. The fraction of sp³-hybridized carbons (Fsp3) is 0.471. The quantitative estimate of drug-likeness (QED) is 0.662. The van der Waals surface area contributed by atoms with Crippen LogP contribution in [-0.4, -0.2) is 11.0 Å². The molecule has 1 aromatic carbocycles. The molecule has 0 spiro atoms. The van der Waals surface area contributed by atoms with Gasteiger partial charge >= 0.3 is 0 Å². The molecule has 0 bridgehead atoms. The van der Waals surface area contributed by atoms with Crippen LogP contribution in [0.4, 0.5) is 11.4 Å². The number of nitrogens with one attached hydrogen (secondary N) is 1. The van der Waals surface area contributed by atoms with E-state index in [0.29, 0.717) is 11.7 Å². The highest BCUT2D eigenvalue weighted by atomic mass is 79.9. The van der Waals surface area contributed by atoms with E-state index in [4.69, 9.17) is 5.73 Å². The first-order chi connectivity index (χ1) is 10.1. The SMILES string of the molecule is CCCCCCC(C)Nc1c(N)cnc2ccc(Br)cc12. The van der Waals surface area contributed by atoms with Gasteiger partial charge in [-0.1, -0.05) is 48.5 Å². The van der Waals surface area contributed by atoms with Crippen molar-refractivity contribution in [2.75, 3.05) is 11.1 Å². The zero-order chi connectivity index (χ0) is 15.2. The maximum absolute atomic E-state index is 6.12. The van der Waals surface area contributed by atoms with Gasteiger partial charge in [0.1, 0.15) is 0 Å². The van der Waals surface area contributed by atoms with Gasteiger partial charge in [0.15, 0.2) is 0 Å². The van der Waals surface area contributed by atoms with Crippen molar-refractivity contribution in [3.63, 3.8) is 0 Å². The maximum Gasteiger partial charge on any atom is 0.0743 e. The number of halogens is 1.